The van der Waals surface area contributed by atoms with Crippen molar-refractivity contribution in [1.82, 2.24) is 4.98 Å². The molecule has 1 N–H and O–H groups in total. The fraction of sp³-hybridized carbons (Fsp3) is 0.150. The molecule has 0 bridgehead atoms. The maximum absolute atomic E-state index is 13.3. The minimum Gasteiger partial charge on any atom is -0.466 e. The van der Waals surface area contributed by atoms with E-state index in [1.807, 2.05) is 31.2 Å². The molecule has 3 rings (SSSR count). The Bertz CT molecular complexity index is 936. The number of fused-ring (bicyclic) bond motifs is 1. The first-order valence-corrected chi connectivity index (χ1v) is 7.65. The summed E-state index contributed by atoms with van der Waals surface area (Å²) in [6, 6.07) is 14.1. The molecule has 0 amide bonds. The van der Waals surface area contributed by atoms with Gasteiger partial charge in [-0.25, -0.2) is 9.18 Å². The molecule has 0 saturated heterocycles. The monoisotopic (exact) mass is 323 g/mol. The summed E-state index contributed by atoms with van der Waals surface area (Å²) in [5, 5.41) is 1.09. The molecule has 1 aromatic heterocycles. The molecule has 3 aromatic rings. The highest BCUT2D eigenvalue weighted by Gasteiger charge is 2.19. The van der Waals surface area contributed by atoms with Crippen LogP contribution in [-0.4, -0.2) is 18.1 Å². The van der Waals surface area contributed by atoms with Crippen molar-refractivity contribution in [1.29, 1.82) is 0 Å². The predicted molar refractivity (Wildman–Crippen MR) is 93.1 cm³/mol. The molecular formula is C20H18FNO2. The second-order valence-electron chi connectivity index (χ2n) is 5.67. The highest BCUT2D eigenvalue weighted by Crippen LogP contribution is 2.33. The van der Waals surface area contributed by atoms with Crippen molar-refractivity contribution in [3.8, 4) is 0 Å². The minimum atomic E-state index is -0.410. The number of halogens is 1. The van der Waals surface area contributed by atoms with E-state index in [0.29, 0.717) is 5.57 Å². The van der Waals surface area contributed by atoms with Gasteiger partial charge in [-0.15, -0.1) is 0 Å². The third-order valence-electron chi connectivity index (χ3n) is 4.22. The van der Waals surface area contributed by atoms with Crippen LogP contribution in [0, 0.1) is 12.7 Å². The molecular weight excluding hydrogens is 305 g/mol. The number of H-pyrrole nitrogens is 1. The SMILES string of the molecule is COC(=O)/C(C)=C(/c1ccc(F)cc1)c1[nH]c2ccccc2c1C. The standard InChI is InChI=1S/C20H18FNO2/c1-12-16-6-4-5-7-17(16)22-19(12)18(13(2)20(23)24-3)14-8-10-15(21)11-9-14/h4-11,22H,1-3H3/b18-13-. The maximum atomic E-state index is 13.3. The van der Waals surface area contributed by atoms with Crippen LogP contribution in [0.2, 0.25) is 0 Å². The summed E-state index contributed by atoms with van der Waals surface area (Å²) in [6.07, 6.45) is 0. The van der Waals surface area contributed by atoms with Crippen molar-refractivity contribution in [2.75, 3.05) is 7.11 Å². The molecule has 0 spiro atoms. The number of hydrogen-bond donors (Lipinski definition) is 1. The van der Waals surface area contributed by atoms with Crippen LogP contribution in [-0.2, 0) is 9.53 Å². The quantitative estimate of drug-likeness (QED) is 0.565. The number of carbonyl (C=O) groups is 1. The molecule has 0 unspecified atom stereocenters. The van der Waals surface area contributed by atoms with Crippen molar-refractivity contribution in [3.05, 3.63) is 76.7 Å². The van der Waals surface area contributed by atoms with E-state index in [9.17, 15) is 9.18 Å². The largest absolute Gasteiger partial charge is 0.466 e. The van der Waals surface area contributed by atoms with Gasteiger partial charge in [0.2, 0.25) is 0 Å². The first-order chi connectivity index (χ1) is 11.5. The van der Waals surface area contributed by atoms with E-state index in [1.54, 1.807) is 19.1 Å². The Morgan fingerprint density at radius 2 is 1.75 bits per heavy atom. The molecule has 24 heavy (non-hydrogen) atoms. The zero-order valence-electron chi connectivity index (χ0n) is 13.8. The molecule has 1 heterocycles. The van der Waals surface area contributed by atoms with Gasteiger partial charge < -0.3 is 9.72 Å². The van der Waals surface area contributed by atoms with Crippen LogP contribution >= 0.6 is 0 Å². The summed E-state index contributed by atoms with van der Waals surface area (Å²) in [5.74, 6) is -0.727. The minimum absolute atomic E-state index is 0.317. The van der Waals surface area contributed by atoms with Crippen LogP contribution in [0.3, 0.4) is 0 Å². The molecule has 0 aliphatic carbocycles. The zero-order valence-corrected chi connectivity index (χ0v) is 13.8. The van der Waals surface area contributed by atoms with E-state index in [0.717, 1.165) is 33.3 Å². The van der Waals surface area contributed by atoms with Gasteiger partial charge in [0.15, 0.2) is 0 Å². The van der Waals surface area contributed by atoms with Gasteiger partial charge in [0.05, 0.1) is 12.8 Å². The molecule has 0 saturated carbocycles. The lowest BCUT2D eigenvalue weighted by atomic mass is 9.95. The number of carbonyl (C=O) groups excluding carboxylic acids is 1. The molecule has 2 aromatic carbocycles. The number of aromatic nitrogens is 1. The number of aryl methyl sites for hydroxylation is 1. The van der Waals surface area contributed by atoms with Crippen LogP contribution in [0.4, 0.5) is 4.39 Å². The van der Waals surface area contributed by atoms with Crippen LogP contribution in [0.15, 0.2) is 54.1 Å². The third-order valence-corrected chi connectivity index (χ3v) is 4.22. The normalized spacial score (nSPS) is 12.2. The van der Waals surface area contributed by atoms with Crippen molar-refractivity contribution >= 4 is 22.4 Å². The highest BCUT2D eigenvalue weighted by atomic mass is 19.1. The highest BCUT2D eigenvalue weighted by molar-refractivity contribution is 6.03. The lowest BCUT2D eigenvalue weighted by Gasteiger charge is -2.12. The summed E-state index contributed by atoms with van der Waals surface area (Å²) in [4.78, 5) is 15.5. The van der Waals surface area contributed by atoms with Gasteiger partial charge in [0.25, 0.3) is 0 Å². The Labute approximate surface area is 139 Å². The first-order valence-electron chi connectivity index (χ1n) is 7.65. The maximum Gasteiger partial charge on any atom is 0.334 e. The molecule has 4 heteroatoms. The Morgan fingerprint density at radius 1 is 1.08 bits per heavy atom. The smallest absolute Gasteiger partial charge is 0.334 e. The van der Waals surface area contributed by atoms with E-state index < -0.39 is 5.97 Å². The Kier molecular flexibility index (Phi) is 4.21. The van der Waals surface area contributed by atoms with Gasteiger partial charge in [-0.1, -0.05) is 30.3 Å². The van der Waals surface area contributed by atoms with Gasteiger partial charge in [0, 0.05) is 22.0 Å². The Morgan fingerprint density at radius 3 is 2.38 bits per heavy atom. The zero-order chi connectivity index (χ0) is 17.3. The summed E-state index contributed by atoms with van der Waals surface area (Å²) in [7, 11) is 1.35. The van der Waals surface area contributed by atoms with Crippen LogP contribution in [0.5, 0.6) is 0 Å². The van der Waals surface area contributed by atoms with Crippen LogP contribution < -0.4 is 0 Å². The lowest BCUT2D eigenvalue weighted by Crippen LogP contribution is -2.06. The number of benzene rings is 2. The van der Waals surface area contributed by atoms with Crippen LogP contribution in [0.1, 0.15) is 23.7 Å². The molecule has 0 aliphatic rings. The van der Waals surface area contributed by atoms with E-state index in [4.69, 9.17) is 4.74 Å². The number of esters is 1. The average molecular weight is 323 g/mol. The van der Waals surface area contributed by atoms with E-state index in [2.05, 4.69) is 4.98 Å². The Hall–Kier alpha value is -2.88. The Balaban J connectivity index is 2.30. The topological polar surface area (TPSA) is 42.1 Å². The number of ether oxygens (including phenoxy) is 1. The molecule has 0 aliphatic heterocycles. The first kappa shape index (κ1) is 16.0. The van der Waals surface area contributed by atoms with E-state index >= 15 is 0 Å². The fourth-order valence-electron chi connectivity index (χ4n) is 2.95. The second kappa shape index (κ2) is 6.32. The number of para-hydroxylation sites is 1. The lowest BCUT2D eigenvalue weighted by molar-refractivity contribution is -0.135. The van der Waals surface area contributed by atoms with Gasteiger partial charge >= 0.3 is 5.97 Å². The van der Waals surface area contributed by atoms with E-state index in [1.165, 1.54) is 19.2 Å². The number of methoxy groups -OCH3 is 1. The fourth-order valence-corrected chi connectivity index (χ4v) is 2.95. The van der Waals surface area contributed by atoms with Crippen molar-refractivity contribution < 1.29 is 13.9 Å². The number of aromatic amines is 1. The number of rotatable bonds is 3. The van der Waals surface area contributed by atoms with E-state index in [-0.39, 0.29) is 5.82 Å². The van der Waals surface area contributed by atoms with Gasteiger partial charge in [-0.05, 0) is 43.2 Å². The van der Waals surface area contributed by atoms with Crippen molar-refractivity contribution in [2.45, 2.75) is 13.8 Å². The average Bonchev–Trinajstić information content (AvgIpc) is 2.93. The van der Waals surface area contributed by atoms with Crippen molar-refractivity contribution in [2.24, 2.45) is 0 Å². The van der Waals surface area contributed by atoms with Crippen LogP contribution in [0.25, 0.3) is 16.5 Å². The molecule has 122 valence electrons. The molecule has 0 fully saturated rings. The van der Waals surface area contributed by atoms with Crippen molar-refractivity contribution in [3.63, 3.8) is 0 Å². The second-order valence-corrected chi connectivity index (χ2v) is 5.67. The van der Waals surface area contributed by atoms with Gasteiger partial charge in [-0.2, -0.15) is 0 Å². The summed E-state index contributed by atoms with van der Waals surface area (Å²) in [5.41, 5.74) is 4.81. The summed E-state index contributed by atoms with van der Waals surface area (Å²) >= 11 is 0. The summed E-state index contributed by atoms with van der Waals surface area (Å²) < 4.78 is 18.2. The number of hydrogen-bond acceptors (Lipinski definition) is 2. The molecule has 3 nitrogen and oxygen atoms in total. The third kappa shape index (κ3) is 2.71. The van der Waals surface area contributed by atoms with Gasteiger partial charge in [-0.3, -0.25) is 0 Å². The number of nitrogens with one attached hydrogen (secondary N) is 1. The molecule has 0 atom stereocenters. The molecule has 0 radical (unpaired) electrons. The predicted octanol–water partition coefficient (Wildman–Crippen LogP) is 4.61. The van der Waals surface area contributed by atoms with Gasteiger partial charge in [0.1, 0.15) is 5.82 Å². The summed E-state index contributed by atoms with van der Waals surface area (Å²) in [6.45, 7) is 3.72.